The molecule has 1 N–H and O–H groups in total. The van der Waals surface area contributed by atoms with Crippen molar-refractivity contribution in [1.82, 2.24) is 0 Å². The fourth-order valence-electron chi connectivity index (χ4n) is 4.77. The molecule has 6 heteroatoms. The zero-order valence-electron chi connectivity index (χ0n) is 14.2. The second-order valence-electron chi connectivity index (χ2n) is 7.63. The van der Waals surface area contributed by atoms with Gasteiger partial charge >= 0.3 is 11.9 Å². The number of esters is 2. The Kier molecular flexibility index (Phi) is 3.50. The topological polar surface area (TPSA) is 85.4 Å². The van der Waals surface area contributed by atoms with Crippen LogP contribution in [-0.4, -0.2) is 47.6 Å². The number of aliphatic hydroxyl groups excluding tert-OH is 1. The van der Waals surface area contributed by atoms with E-state index in [4.69, 9.17) is 14.2 Å². The minimum Gasteiger partial charge on any atom is -0.458 e. The third-order valence-electron chi connectivity index (χ3n) is 6.13. The van der Waals surface area contributed by atoms with Gasteiger partial charge in [0.2, 0.25) is 0 Å². The summed E-state index contributed by atoms with van der Waals surface area (Å²) in [4.78, 5) is 24.3. The van der Waals surface area contributed by atoms with Crippen molar-refractivity contribution in [3.05, 3.63) is 36.5 Å². The van der Waals surface area contributed by atoms with Crippen LogP contribution in [0, 0.1) is 17.8 Å². The third-order valence-corrected chi connectivity index (χ3v) is 6.13. The number of carbonyl (C=O) groups excluding carboxylic acids is 2. The fraction of sp³-hybridized carbons (Fsp3) is 0.579. The van der Waals surface area contributed by atoms with E-state index in [2.05, 4.69) is 19.7 Å². The minimum absolute atomic E-state index is 0.0442. The Morgan fingerprint density at radius 2 is 2.08 bits per heavy atom. The van der Waals surface area contributed by atoms with Gasteiger partial charge in [-0.1, -0.05) is 25.3 Å². The van der Waals surface area contributed by atoms with Crippen molar-refractivity contribution in [3.8, 4) is 0 Å². The van der Waals surface area contributed by atoms with Crippen molar-refractivity contribution in [2.45, 2.75) is 43.7 Å². The standard InChI is InChI=1S/C19H22O6/c1-8(2)17(21)24-12-5-9(3)11-6-13(20)19(7-23-19)15(11)16-14(12)10(4)18(22)25-16/h11-16,20H,1,3-7H2,2H3/t11-,12-,13-,14+,15-,16+,19+/m0/s1. The number of epoxide rings is 1. The lowest BCUT2D eigenvalue weighted by Gasteiger charge is -2.30. The first-order chi connectivity index (χ1) is 11.8. The Balaban J connectivity index is 1.73. The van der Waals surface area contributed by atoms with E-state index >= 15 is 0 Å². The van der Waals surface area contributed by atoms with E-state index in [-0.39, 0.29) is 11.8 Å². The van der Waals surface area contributed by atoms with Gasteiger partial charge in [-0.25, -0.2) is 9.59 Å². The molecule has 0 aromatic carbocycles. The molecular weight excluding hydrogens is 324 g/mol. The minimum atomic E-state index is -0.686. The first-order valence-corrected chi connectivity index (χ1v) is 8.52. The molecule has 134 valence electrons. The summed E-state index contributed by atoms with van der Waals surface area (Å²) in [5.41, 5.74) is 0.790. The van der Waals surface area contributed by atoms with Crippen molar-refractivity contribution < 1.29 is 28.9 Å². The van der Waals surface area contributed by atoms with Gasteiger partial charge in [0.05, 0.1) is 18.6 Å². The Morgan fingerprint density at radius 1 is 1.40 bits per heavy atom. The predicted molar refractivity (Wildman–Crippen MR) is 87.2 cm³/mol. The normalized spacial score (nSPS) is 44.8. The zero-order chi connectivity index (χ0) is 18.1. The summed E-state index contributed by atoms with van der Waals surface area (Å²) in [7, 11) is 0. The van der Waals surface area contributed by atoms with Crippen LogP contribution in [0.15, 0.2) is 36.5 Å². The monoisotopic (exact) mass is 346 g/mol. The molecule has 0 bridgehead atoms. The highest BCUT2D eigenvalue weighted by Gasteiger charge is 2.70. The summed E-state index contributed by atoms with van der Waals surface area (Å²) in [5.74, 6) is -1.69. The zero-order valence-corrected chi connectivity index (χ0v) is 14.2. The number of hydrogen-bond acceptors (Lipinski definition) is 6. The highest BCUT2D eigenvalue weighted by molar-refractivity contribution is 5.91. The molecule has 2 aliphatic carbocycles. The second-order valence-corrected chi connectivity index (χ2v) is 7.63. The SMILES string of the molecule is C=C(C)C(=O)O[C@H]1CC(=C)[C@@H]2C[C@H](O)[C@]3(CO3)[C@@H]2[C@@H]2OC(=O)C(=C)[C@@H]21. The van der Waals surface area contributed by atoms with E-state index < -0.39 is 41.8 Å². The second kappa shape index (κ2) is 5.29. The summed E-state index contributed by atoms with van der Waals surface area (Å²) in [5, 5.41) is 10.5. The molecule has 25 heavy (non-hydrogen) atoms. The molecule has 4 rings (SSSR count). The molecule has 0 aromatic heterocycles. The van der Waals surface area contributed by atoms with Gasteiger partial charge in [-0.3, -0.25) is 0 Å². The summed E-state index contributed by atoms with van der Waals surface area (Å²) in [6.45, 7) is 13.7. The molecule has 2 saturated carbocycles. The number of fused-ring (bicyclic) bond motifs is 4. The Labute approximate surface area is 146 Å². The molecule has 7 atom stereocenters. The molecule has 0 unspecified atom stereocenters. The summed E-state index contributed by atoms with van der Waals surface area (Å²) in [6, 6.07) is 0. The molecule has 4 aliphatic rings. The van der Waals surface area contributed by atoms with E-state index in [0.717, 1.165) is 5.57 Å². The van der Waals surface area contributed by atoms with Crippen molar-refractivity contribution in [3.63, 3.8) is 0 Å². The fourth-order valence-corrected chi connectivity index (χ4v) is 4.77. The van der Waals surface area contributed by atoms with Crippen LogP contribution < -0.4 is 0 Å². The van der Waals surface area contributed by atoms with E-state index in [1.807, 2.05) is 0 Å². The van der Waals surface area contributed by atoms with Gasteiger partial charge in [-0.2, -0.15) is 0 Å². The van der Waals surface area contributed by atoms with Crippen molar-refractivity contribution in [2.75, 3.05) is 6.61 Å². The maximum Gasteiger partial charge on any atom is 0.334 e. The van der Waals surface area contributed by atoms with Gasteiger partial charge in [-0.15, -0.1) is 0 Å². The van der Waals surface area contributed by atoms with Gasteiger partial charge in [0.1, 0.15) is 17.8 Å². The number of rotatable bonds is 2. The number of aliphatic hydroxyl groups is 1. The maximum absolute atomic E-state index is 12.2. The third kappa shape index (κ3) is 2.24. The van der Waals surface area contributed by atoms with Crippen LogP contribution in [0.25, 0.3) is 0 Å². The lowest BCUT2D eigenvalue weighted by Crippen LogP contribution is -2.43. The van der Waals surface area contributed by atoms with Crippen LogP contribution in [-0.2, 0) is 23.8 Å². The van der Waals surface area contributed by atoms with Gasteiger partial charge in [0.15, 0.2) is 0 Å². The van der Waals surface area contributed by atoms with Gasteiger partial charge in [0, 0.05) is 23.5 Å². The average Bonchev–Trinajstić information content (AvgIpc) is 3.22. The largest absolute Gasteiger partial charge is 0.458 e. The Hall–Kier alpha value is -1.92. The molecular formula is C19H22O6. The first-order valence-electron chi connectivity index (χ1n) is 8.52. The van der Waals surface area contributed by atoms with Crippen LogP contribution in [0.5, 0.6) is 0 Å². The van der Waals surface area contributed by atoms with Gasteiger partial charge in [-0.05, 0) is 19.3 Å². The highest BCUT2D eigenvalue weighted by atomic mass is 16.6. The van der Waals surface area contributed by atoms with Crippen molar-refractivity contribution in [2.24, 2.45) is 17.8 Å². The highest BCUT2D eigenvalue weighted by Crippen LogP contribution is 2.60. The summed E-state index contributed by atoms with van der Waals surface area (Å²) < 4.78 is 16.9. The van der Waals surface area contributed by atoms with E-state index in [0.29, 0.717) is 30.6 Å². The quantitative estimate of drug-likeness (QED) is 0.351. The molecule has 1 spiro atoms. The van der Waals surface area contributed by atoms with Crippen LogP contribution >= 0.6 is 0 Å². The molecule has 4 fully saturated rings. The molecule has 2 aliphatic heterocycles. The molecule has 0 aromatic rings. The number of hydrogen-bond donors (Lipinski definition) is 1. The van der Waals surface area contributed by atoms with Crippen LogP contribution in [0.4, 0.5) is 0 Å². The van der Waals surface area contributed by atoms with Crippen LogP contribution in [0.2, 0.25) is 0 Å². The van der Waals surface area contributed by atoms with Crippen molar-refractivity contribution in [1.29, 1.82) is 0 Å². The van der Waals surface area contributed by atoms with Crippen LogP contribution in [0.3, 0.4) is 0 Å². The number of ether oxygens (including phenoxy) is 3. The van der Waals surface area contributed by atoms with E-state index in [1.54, 1.807) is 6.92 Å². The van der Waals surface area contributed by atoms with E-state index in [1.165, 1.54) is 0 Å². The average molecular weight is 346 g/mol. The predicted octanol–water partition coefficient (Wildman–Crippen LogP) is 1.30. The van der Waals surface area contributed by atoms with E-state index in [9.17, 15) is 14.7 Å². The lowest BCUT2D eigenvalue weighted by molar-refractivity contribution is -0.149. The molecule has 0 amide bonds. The number of carbonyl (C=O) groups is 2. The lowest BCUT2D eigenvalue weighted by atomic mass is 9.78. The van der Waals surface area contributed by atoms with Gasteiger partial charge in [0.25, 0.3) is 0 Å². The smallest absolute Gasteiger partial charge is 0.334 e. The van der Waals surface area contributed by atoms with Crippen molar-refractivity contribution >= 4 is 11.9 Å². The molecule has 6 nitrogen and oxygen atoms in total. The van der Waals surface area contributed by atoms with Gasteiger partial charge < -0.3 is 19.3 Å². The molecule has 2 heterocycles. The van der Waals surface area contributed by atoms with Crippen LogP contribution in [0.1, 0.15) is 19.8 Å². The Morgan fingerprint density at radius 3 is 2.68 bits per heavy atom. The Bertz CT molecular complexity index is 703. The summed E-state index contributed by atoms with van der Waals surface area (Å²) in [6.07, 6.45) is -0.814. The molecule has 2 saturated heterocycles. The maximum atomic E-state index is 12.2. The first kappa shape index (κ1) is 16.5. The summed E-state index contributed by atoms with van der Waals surface area (Å²) >= 11 is 0. The molecule has 0 radical (unpaired) electrons.